The van der Waals surface area contributed by atoms with Crippen LogP contribution in [0.1, 0.15) is 24.9 Å². The molecule has 0 unspecified atom stereocenters. The van der Waals surface area contributed by atoms with E-state index in [0.717, 1.165) is 17.7 Å². The number of nitrogens with zero attached hydrogens (tertiary/aromatic N) is 3. The molecule has 9 heteroatoms. The molecule has 2 N–H and O–H groups in total. The Morgan fingerprint density at radius 3 is 2.82 bits per heavy atom. The van der Waals surface area contributed by atoms with Crippen molar-refractivity contribution < 1.29 is 14.6 Å². The molecule has 2 atom stereocenters. The zero-order valence-electron chi connectivity index (χ0n) is 15.1. The Hall–Kier alpha value is -2.84. The van der Waals surface area contributed by atoms with E-state index in [4.69, 9.17) is 16.3 Å². The zero-order valence-corrected chi connectivity index (χ0v) is 15.9. The lowest BCUT2D eigenvalue weighted by atomic mass is 10.0. The van der Waals surface area contributed by atoms with E-state index in [1.807, 2.05) is 31.2 Å². The molecule has 1 fully saturated rings. The second-order valence-electron chi connectivity index (χ2n) is 6.68. The van der Waals surface area contributed by atoms with Crippen LogP contribution in [0.5, 0.6) is 0 Å². The minimum atomic E-state index is -0.960. The molecule has 28 heavy (non-hydrogen) atoms. The van der Waals surface area contributed by atoms with Gasteiger partial charge in [0.05, 0.1) is 37.0 Å². The normalized spacial score (nSPS) is 19.9. The van der Waals surface area contributed by atoms with Gasteiger partial charge in [-0.3, -0.25) is 14.3 Å². The summed E-state index contributed by atoms with van der Waals surface area (Å²) in [4.78, 5) is 31.8. The molecule has 1 aliphatic rings. The van der Waals surface area contributed by atoms with Crippen LogP contribution in [0, 0.1) is 0 Å². The fourth-order valence-electron chi connectivity index (χ4n) is 3.54. The van der Waals surface area contributed by atoms with Crippen LogP contribution in [0.15, 0.2) is 41.5 Å². The number of benzene rings is 1. The number of H-pyrrole nitrogens is 1. The van der Waals surface area contributed by atoms with Gasteiger partial charge in [-0.2, -0.15) is 0 Å². The standard InChI is InChI=1S/C19H19ClN4O4/c1-2-13-8-23(19(26)27)15(9-28-13)11-3-5-12(6-4-11)24-16(20)7-14-17(24)21-10-22-18(14)25/h3-7,10,13,15H,2,8-9H2,1H3,(H,26,27)(H,21,22,25)/t13-,15-/m0/s1. The number of fused-ring (bicyclic) bond motifs is 1. The summed E-state index contributed by atoms with van der Waals surface area (Å²) < 4.78 is 7.46. The van der Waals surface area contributed by atoms with E-state index in [-0.39, 0.29) is 17.7 Å². The molecule has 1 amide bonds. The average Bonchev–Trinajstić information content (AvgIpc) is 3.05. The van der Waals surface area contributed by atoms with Gasteiger partial charge < -0.3 is 14.8 Å². The molecule has 1 saturated heterocycles. The van der Waals surface area contributed by atoms with E-state index >= 15 is 0 Å². The van der Waals surface area contributed by atoms with E-state index in [2.05, 4.69) is 9.97 Å². The summed E-state index contributed by atoms with van der Waals surface area (Å²) >= 11 is 6.32. The van der Waals surface area contributed by atoms with Crippen LogP contribution in [-0.4, -0.2) is 49.9 Å². The Bertz CT molecular complexity index is 1080. The lowest BCUT2D eigenvalue weighted by Gasteiger charge is -2.38. The molecule has 3 heterocycles. The van der Waals surface area contributed by atoms with Crippen molar-refractivity contribution in [3.8, 4) is 5.69 Å². The lowest BCUT2D eigenvalue weighted by Crippen LogP contribution is -2.46. The van der Waals surface area contributed by atoms with Gasteiger partial charge in [-0.05, 0) is 30.2 Å². The molecule has 0 aliphatic carbocycles. The van der Waals surface area contributed by atoms with Crippen LogP contribution in [-0.2, 0) is 4.74 Å². The van der Waals surface area contributed by atoms with Gasteiger partial charge in [0.2, 0.25) is 0 Å². The molecule has 0 saturated carbocycles. The summed E-state index contributed by atoms with van der Waals surface area (Å²) in [5.41, 5.74) is 1.76. The number of ether oxygens (including phenoxy) is 1. The Kier molecular flexibility index (Phi) is 4.82. The smallest absolute Gasteiger partial charge is 0.407 e. The summed E-state index contributed by atoms with van der Waals surface area (Å²) in [6.45, 7) is 2.64. The highest BCUT2D eigenvalue weighted by Crippen LogP contribution is 2.30. The minimum absolute atomic E-state index is 0.0826. The van der Waals surface area contributed by atoms with E-state index < -0.39 is 6.09 Å². The zero-order chi connectivity index (χ0) is 19.8. The van der Waals surface area contributed by atoms with Gasteiger partial charge in [0.1, 0.15) is 5.15 Å². The molecule has 3 aromatic rings. The fourth-order valence-corrected chi connectivity index (χ4v) is 3.82. The van der Waals surface area contributed by atoms with Crippen molar-refractivity contribution in [1.29, 1.82) is 0 Å². The number of rotatable bonds is 3. The maximum atomic E-state index is 11.9. The largest absolute Gasteiger partial charge is 0.465 e. The number of amides is 1. The van der Waals surface area contributed by atoms with Crippen molar-refractivity contribution in [3.05, 3.63) is 57.7 Å². The second-order valence-corrected chi connectivity index (χ2v) is 7.06. The third-order valence-corrected chi connectivity index (χ3v) is 5.34. The van der Waals surface area contributed by atoms with Crippen molar-refractivity contribution >= 4 is 28.7 Å². The molecule has 1 aliphatic heterocycles. The lowest BCUT2D eigenvalue weighted by molar-refractivity contribution is -0.0559. The van der Waals surface area contributed by atoms with Crippen molar-refractivity contribution in [2.24, 2.45) is 0 Å². The first kappa shape index (κ1) is 18.5. The topological polar surface area (TPSA) is 100 Å². The Balaban J connectivity index is 1.68. The molecule has 0 spiro atoms. The fraction of sp³-hybridized carbons (Fsp3) is 0.316. The van der Waals surface area contributed by atoms with Gasteiger partial charge in [-0.15, -0.1) is 0 Å². The Morgan fingerprint density at radius 1 is 1.39 bits per heavy atom. The number of aromatic amines is 1. The van der Waals surface area contributed by atoms with Crippen LogP contribution >= 0.6 is 11.6 Å². The first-order valence-electron chi connectivity index (χ1n) is 8.95. The molecule has 0 bridgehead atoms. The SMILES string of the molecule is CC[C@H]1CN(C(=O)O)[C@H](c2ccc(-n3c(Cl)cc4c(=O)[nH]cnc43)cc2)CO1. The summed E-state index contributed by atoms with van der Waals surface area (Å²) in [6.07, 6.45) is 1.06. The molecule has 146 valence electrons. The average molecular weight is 403 g/mol. The maximum absolute atomic E-state index is 11.9. The first-order chi connectivity index (χ1) is 13.5. The van der Waals surface area contributed by atoms with Crippen LogP contribution in [0.3, 0.4) is 0 Å². The van der Waals surface area contributed by atoms with Crippen molar-refractivity contribution in [2.75, 3.05) is 13.2 Å². The number of aromatic nitrogens is 3. The van der Waals surface area contributed by atoms with E-state index in [1.165, 1.54) is 11.2 Å². The summed E-state index contributed by atoms with van der Waals surface area (Å²) in [5, 5.41) is 10.3. The van der Waals surface area contributed by atoms with Gasteiger partial charge in [-0.25, -0.2) is 9.78 Å². The predicted octanol–water partition coefficient (Wildman–Crippen LogP) is 3.20. The third kappa shape index (κ3) is 3.14. The predicted molar refractivity (Wildman–Crippen MR) is 104 cm³/mol. The second kappa shape index (κ2) is 7.29. The number of nitrogens with one attached hydrogen (secondary N) is 1. The highest BCUT2D eigenvalue weighted by atomic mass is 35.5. The quantitative estimate of drug-likeness (QED) is 0.700. The van der Waals surface area contributed by atoms with Gasteiger partial charge >= 0.3 is 6.09 Å². The van der Waals surface area contributed by atoms with Crippen LogP contribution in [0.2, 0.25) is 5.15 Å². The van der Waals surface area contributed by atoms with Gasteiger partial charge in [0.25, 0.3) is 5.56 Å². The first-order valence-corrected chi connectivity index (χ1v) is 9.33. The molecule has 2 aromatic heterocycles. The third-order valence-electron chi connectivity index (χ3n) is 5.06. The number of hydrogen-bond acceptors (Lipinski definition) is 4. The monoisotopic (exact) mass is 402 g/mol. The van der Waals surface area contributed by atoms with Crippen LogP contribution in [0.25, 0.3) is 16.7 Å². The highest BCUT2D eigenvalue weighted by Gasteiger charge is 2.32. The molecule has 1 aromatic carbocycles. The molecule has 4 rings (SSSR count). The van der Waals surface area contributed by atoms with Gasteiger partial charge in [0.15, 0.2) is 5.65 Å². The maximum Gasteiger partial charge on any atom is 0.407 e. The number of carboxylic acid groups (broad SMARTS) is 1. The van der Waals surface area contributed by atoms with Crippen molar-refractivity contribution in [2.45, 2.75) is 25.5 Å². The van der Waals surface area contributed by atoms with Crippen molar-refractivity contribution in [3.63, 3.8) is 0 Å². The van der Waals surface area contributed by atoms with E-state index in [9.17, 15) is 14.7 Å². The molecule has 8 nitrogen and oxygen atoms in total. The van der Waals surface area contributed by atoms with Crippen molar-refractivity contribution in [1.82, 2.24) is 19.4 Å². The highest BCUT2D eigenvalue weighted by molar-refractivity contribution is 6.31. The Labute approximate surface area is 165 Å². The van der Waals surface area contributed by atoms with E-state index in [0.29, 0.717) is 29.3 Å². The van der Waals surface area contributed by atoms with Gasteiger partial charge in [-0.1, -0.05) is 30.7 Å². The summed E-state index contributed by atoms with van der Waals surface area (Å²) in [5.74, 6) is 0. The molecule has 0 radical (unpaired) electrons. The van der Waals surface area contributed by atoms with E-state index in [1.54, 1.807) is 10.6 Å². The van der Waals surface area contributed by atoms with Crippen LogP contribution in [0.4, 0.5) is 4.79 Å². The Morgan fingerprint density at radius 2 is 2.14 bits per heavy atom. The van der Waals surface area contributed by atoms with Crippen LogP contribution < -0.4 is 5.56 Å². The number of halogens is 1. The van der Waals surface area contributed by atoms with Gasteiger partial charge in [0, 0.05) is 5.69 Å². The number of morpholine rings is 1. The summed E-state index contributed by atoms with van der Waals surface area (Å²) in [6, 6.07) is 8.56. The number of hydrogen-bond donors (Lipinski definition) is 2. The minimum Gasteiger partial charge on any atom is -0.465 e. The molecular formula is C19H19ClN4O4. The number of carbonyl (C=O) groups is 1. The summed E-state index contributed by atoms with van der Waals surface area (Å²) in [7, 11) is 0. The molecular weight excluding hydrogens is 384 g/mol.